The molecular weight excluding hydrogens is 408 g/mol. The van der Waals surface area contributed by atoms with Crippen molar-refractivity contribution in [3.63, 3.8) is 0 Å². The minimum Gasteiger partial charge on any atom is -0.295 e. The molecule has 4 rings (SSSR count). The van der Waals surface area contributed by atoms with Crippen LogP contribution in [-0.4, -0.2) is 35.7 Å². The summed E-state index contributed by atoms with van der Waals surface area (Å²) in [5.41, 5.74) is 1.09. The number of benzene rings is 2. The van der Waals surface area contributed by atoms with Crippen molar-refractivity contribution in [1.82, 2.24) is 0 Å². The predicted molar refractivity (Wildman–Crippen MR) is 127 cm³/mol. The summed E-state index contributed by atoms with van der Waals surface area (Å²) in [5.74, 6) is -1.63. The maximum atomic E-state index is 11.5. The highest BCUT2D eigenvalue weighted by molar-refractivity contribution is 6.57. The normalized spacial score (nSPS) is 11.7. The van der Waals surface area contributed by atoms with Crippen molar-refractivity contribution >= 4 is 46.5 Å². The third-order valence-electron chi connectivity index (χ3n) is 3.50. The van der Waals surface area contributed by atoms with Crippen LogP contribution in [0.25, 0.3) is 10.8 Å². The number of rotatable bonds is 1. The van der Waals surface area contributed by atoms with Crippen LogP contribution in [0.4, 0.5) is 0 Å². The smallest absolute Gasteiger partial charge is 0.234 e. The first-order valence-electron chi connectivity index (χ1n) is 10.4. The summed E-state index contributed by atoms with van der Waals surface area (Å²) in [5, 5.41) is 1.77. The zero-order valence-corrected chi connectivity index (χ0v) is 19.4. The standard InChI is InChI=1S/C12H6O2.C6H4O2.C2H2O2.3C2H6/c13-11-8-5-1-3-7-4-2-6-9(10(7)8)12(11)14;7-5-3-1-2-4-6(5)8;3-1-2-4;3*1-2/h1-6H;1-4H;1-2H;3*1-2H3. The maximum Gasteiger partial charge on any atom is 0.234 e. The Morgan fingerprint density at radius 3 is 1.19 bits per heavy atom. The van der Waals surface area contributed by atoms with E-state index in [0.29, 0.717) is 11.1 Å². The van der Waals surface area contributed by atoms with E-state index in [1.54, 1.807) is 36.4 Å². The van der Waals surface area contributed by atoms with Crippen molar-refractivity contribution < 1.29 is 28.8 Å². The number of Topliss-reactive ketones (excluding diaryl/α,β-unsaturated/α-hetero) is 2. The van der Waals surface area contributed by atoms with E-state index in [4.69, 9.17) is 9.59 Å². The Morgan fingerprint density at radius 1 is 0.562 bits per heavy atom. The van der Waals surface area contributed by atoms with Gasteiger partial charge in [0.05, 0.1) is 0 Å². The monoisotopic (exact) mass is 438 g/mol. The highest BCUT2D eigenvalue weighted by Crippen LogP contribution is 2.30. The molecule has 0 saturated carbocycles. The molecule has 0 unspecified atom stereocenters. The van der Waals surface area contributed by atoms with Crippen molar-refractivity contribution in [1.29, 1.82) is 0 Å². The average Bonchev–Trinajstić information content (AvgIpc) is 3.12. The van der Waals surface area contributed by atoms with Crippen molar-refractivity contribution in [3.8, 4) is 0 Å². The Labute approximate surface area is 189 Å². The molecule has 2 aliphatic rings. The van der Waals surface area contributed by atoms with E-state index in [2.05, 4.69) is 0 Å². The van der Waals surface area contributed by atoms with Crippen LogP contribution in [0.15, 0.2) is 60.7 Å². The number of ketones is 4. The van der Waals surface area contributed by atoms with E-state index in [1.807, 2.05) is 53.7 Å². The zero-order valence-electron chi connectivity index (χ0n) is 19.4. The molecule has 170 valence electrons. The lowest BCUT2D eigenvalue weighted by Crippen LogP contribution is -2.08. The van der Waals surface area contributed by atoms with Gasteiger partial charge in [-0.1, -0.05) is 90.1 Å². The zero-order chi connectivity index (χ0) is 25.1. The second-order valence-corrected chi connectivity index (χ2v) is 5.09. The van der Waals surface area contributed by atoms with Crippen LogP contribution in [0.1, 0.15) is 62.3 Å². The van der Waals surface area contributed by atoms with Crippen LogP contribution < -0.4 is 0 Å². The molecule has 0 heterocycles. The molecule has 2 aromatic rings. The number of carbonyl (C=O) groups excluding carboxylic acids is 6. The number of carbonyl (C=O) groups is 6. The summed E-state index contributed by atoms with van der Waals surface area (Å²) in [6.07, 6.45) is 5.98. The van der Waals surface area contributed by atoms with Crippen molar-refractivity contribution in [2.24, 2.45) is 0 Å². The van der Waals surface area contributed by atoms with Gasteiger partial charge in [-0.25, -0.2) is 0 Å². The molecule has 6 nitrogen and oxygen atoms in total. The van der Waals surface area contributed by atoms with Crippen molar-refractivity contribution in [3.05, 3.63) is 71.8 Å². The van der Waals surface area contributed by atoms with Gasteiger partial charge in [0.15, 0.2) is 12.6 Å². The van der Waals surface area contributed by atoms with E-state index in [1.165, 1.54) is 12.2 Å². The Hall–Kier alpha value is -3.80. The van der Waals surface area contributed by atoms with Crippen molar-refractivity contribution in [2.45, 2.75) is 41.5 Å². The third-order valence-corrected chi connectivity index (χ3v) is 3.50. The average molecular weight is 439 g/mol. The molecule has 0 fully saturated rings. The summed E-state index contributed by atoms with van der Waals surface area (Å²) in [6.45, 7) is 12.0. The fraction of sp³-hybridized carbons (Fsp3) is 0.231. The summed E-state index contributed by atoms with van der Waals surface area (Å²) in [7, 11) is 0. The molecule has 0 aliphatic heterocycles. The Kier molecular flexibility index (Phi) is 17.1. The van der Waals surface area contributed by atoms with Gasteiger partial charge in [-0.3, -0.25) is 28.8 Å². The van der Waals surface area contributed by atoms with Crippen LogP contribution in [0.5, 0.6) is 0 Å². The first kappa shape index (κ1) is 30.4. The van der Waals surface area contributed by atoms with E-state index in [9.17, 15) is 19.2 Å². The lowest BCUT2D eigenvalue weighted by molar-refractivity contribution is -0.131. The van der Waals surface area contributed by atoms with Gasteiger partial charge in [-0.2, -0.15) is 0 Å². The molecule has 0 atom stereocenters. The highest BCUT2D eigenvalue weighted by Gasteiger charge is 2.29. The topological polar surface area (TPSA) is 102 Å². The Morgan fingerprint density at radius 2 is 0.906 bits per heavy atom. The summed E-state index contributed by atoms with van der Waals surface area (Å²) in [4.78, 5) is 61.3. The van der Waals surface area contributed by atoms with Gasteiger partial charge in [0.25, 0.3) is 0 Å². The Bertz CT molecular complexity index is 920. The predicted octanol–water partition coefficient (Wildman–Crippen LogP) is 4.93. The third kappa shape index (κ3) is 8.52. The van der Waals surface area contributed by atoms with Crippen molar-refractivity contribution in [2.75, 3.05) is 0 Å². The number of aldehydes is 2. The van der Waals surface area contributed by atoms with Gasteiger partial charge in [-0.15, -0.1) is 0 Å². The SMILES string of the molecule is CC.CC.CC.O=C1C(=O)c2cccc3cccc1c23.O=C1C=CC=CC1=O.O=CC=O. The molecular formula is C26H30O6. The van der Waals surface area contributed by atoms with Crippen LogP contribution in [0.2, 0.25) is 0 Å². The molecule has 0 bridgehead atoms. The molecule has 0 radical (unpaired) electrons. The minimum atomic E-state index is -0.437. The van der Waals surface area contributed by atoms with Crippen LogP contribution in [0.3, 0.4) is 0 Å². The lowest BCUT2D eigenvalue weighted by Gasteiger charge is -1.97. The van der Waals surface area contributed by atoms with E-state index in [-0.39, 0.29) is 24.1 Å². The van der Waals surface area contributed by atoms with Gasteiger partial charge in [0, 0.05) is 16.5 Å². The van der Waals surface area contributed by atoms with Crippen LogP contribution in [0, 0.1) is 0 Å². The van der Waals surface area contributed by atoms with E-state index < -0.39 is 11.6 Å². The molecule has 0 aromatic heterocycles. The molecule has 2 aromatic carbocycles. The summed E-state index contributed by atoms with van der Waals surface area (Å²) < 4.78 is 0. The fourth-order valence-corrected chi connectivity index (χ4v) is 2.41. The molecule has 0 saturated heterocycles. The highest BCUT2D eigenvalue weighted by atomic mass is 16.2. The van der Waals surface area contributed by atoms with Gasteiger partial charge in [0.2, 0.25) is 23.1 Å². The quantitative estimate of drug-likeness (QED) is 0.355. The number of allylic oxidation sites excluding steroid dienone is 4. The number of hydrogen-bond donors (Lipinski definition) is 0. The first-order valence-corrected chi connectivity index (χ1v) is 10.4. The fourth-order valence-electron chi connectivity index (χ4n) is 2.41. The van der Waals surface area contributed by atoms with E-state index in [0.717, 1.165) is 10.8 Å². The molecule has 0 N–H and O–H groups in total. The van der Waals surface area contributed by atoms with Crippen LogP contribution >= 0.6 is 0 Å². The number of hydrogen-bond acceptors (Lipinski definition) is 6. The van der Waals surface area contributed by atoms with Gasteiger partial charge in [0.1, 0.15) is 0 Å². The van der Waals surface area contributed by atoms with E-state index >= 15 is 0 Å². The minimum absolute atomic E-state index is 0.194. The van der Waals surface area contributed by atoms with Gasteiger partial charge >= 0.3 is 0 Å². The summed E-state index contributed by atoms with van der Waals surface area (Å²) >= 11 is 0. The first-order chi connectivity index (χ1) is 15.5. The molecule has 6 heteroatoms. The largest absolute Gasteiger partial charge is 0.295 e. The van der Waals surface area contributed by atoms with Gasteiger partial charge < -0.3 is 0 Å². The summed E-state index contributed by atoms with van der Waals surface area (Å²) in [6, 6.07) is 10.8. The molecule has 0 amide bonds. The molecule has 2 aliphatic carbocycles. The second-order valence-electron chi connectivity index (χ2n) is 5.09. The maximum absolute atomic E-state index is 11.5. The Balaban J connectivity index is 0. The molecule has 0 spiro atoms. The lowest BCUT2D eigenvalue weighted by atomic mass is 10.1. The van der Waals surface area contributed by atoms with Crippen LogP contribution in [-0.2, 0) is 19.2 Å². The van der Waals surface area contributed by atoms with Gasteiger partial charge in [-0.05, 0) is 17.5 Å². The molecule has 32 heavy (non-hydrogen) atoms. The second kappa shape index (κ2) is 18.0.